The zero-order chi connectivity index (χ0) is 14.6. The topological polar surface area (TPSA) is 72.5 Å². The smallest absolute Gasteiger partial charge is 0.307 e. The van der Waals surface area contributed by atoms with Gasteiger partial charge >= 0.3 is 5.97 Å². The number of halogens is 2. The standard InChI is InChI=1S/C11H13F2NO4S/c1-7(5-11(15)18-2)14-19(16,17)8-3-4-9(12)10(13)6-8/h3-4,6-7,14H,5H2,1-2H3. The Bertz CT molecular complexity index is 574. The van der Waals surface area contributed by atoms with Gasteiger partial charge in [0.25, 0.3) is 0 Å². The summed E-state index contributed by atoms with van der Waals surface area (Å²) in [7, 11) is -2.84. The molecule has 0 saturated heterocycles. The predicted octanol–water partition coefficient (Wildman–Crippen LogP) is 1.19. The van der Waals surface area contributed by atoms with E-state index in [2.05, 4.69) is 9.46 Å². The molecule has 0 aromatic heterocycles. The van der Waals surface area contributed by atoms with Crippen molar-refractivity contribution in [1.29, 1.82) is 0 Å². The summed E-state index contributed by atoms with van der Waals surface area (Å²) >= 11 is 0. The summed E-state index contributed by atoms with van der Waals surface area (Å²) in [5.74, 6) is -2.98. The van der Waals surface area contributed by atoms with Gasteiger partial charge in [-0.25, -0.2) is 21.9 Å². The van der Waals surface area contributed by atoms with Crippen molar-refractivity contribution in [1.82, 2.24) is 4.72 Å². The predicted molar refractivity (Wildman–Crippen MR) is 62.8 cm³/mol. The molecule has 0 bridgehead atoms. The molecule has 0 heterocycles. The first-order chi connectivity index (χ1) is 8.76. The van der Waals surface area contributed by atoms with E-state index in [1.807, 2.05) is 0 Å². The molecule has 0 saturated carbocycles. The zero-order valence-corrected chi connectivity index (χ0v) is 11.1. The number of hydrogen-bond donors (Lipinski definition) is 1. The van der Waals surface area contributed by atoms with Crippen LogP contribution < -0.4 is 4.72 Å². The van der Waals surface area contributed by atoms with Crippen LogP contribution in [0.25, 0.3) is 0 Å². The fourth-order valence-corrected chi connectivity index (χ4v) is 2.61. The number of sulfonamides is 1. The van der Waals surface area contributed by atoms with Crippen LogP contribution in [0.15, 0.2) is 23.1 Å². The maximum absolute atomic E-state index is 13.0. The Morgan fingerprint density at radius 2 is 2.00 bits per heavy atom. The molecule has 0 aliphatic carbocycles. The molecule has 1 rings (SSSR count). The van der Waals surface area contributed by atoms with Crippen molar-refractivity contribution in [3.63, 3.8) is 0 Å². The van der Waals surface area contributed by atoms with Crippen molar-refractivity contribution < 1.29 is 26.7 Å². The van der Waals surface area contributed by atoms with Crippen molar-refractivity contribution in [3.05, 3.63) is 29.8 Å². The minimum absolute atomic E-state index is 0.167. The minimum atomic E-state index is -4.02. The SMILES string of the molecule is COC(=O)CC(C)NS(=O)(=O)c1ccc(F)c(F)c1. The second kappa shape index (κ2) is 6.07. The summed E-state index contributed by atoms with van der Waals surface area (Å²) < 4.78 is 55.9. The van der Waals surface area contributed by atoms with E-state index in [0.29, 0.717) is 6.07 Å². The highest BCUT2D eigenvalue weighted by molar-refractivity contribution is 7.89. The molecule has 1 aromatic carbocycles. The first-order valence-electron chi connectivity index (χ1n) is 5.30. The largest absolute Gasteiger partial charge is 0.469 e. The van der Waals surface area contributed by atoms with Crippen molar-refractivity contribution >= 4 is 16.0 Å². The molecule has 1 unspecified atom stereocenters. The molecule has 8 heteroatoms. The van der Waals surface area contributed by atoms with Gasteiger partial charge in [-0.15, -0.1) is 0 Å². The van der Waals surface area contributed by atoms with Gasteiger partial charge < -0.3 is 4.74 Å². The van der Waals surface area contributed by atoms with E-state index in [-0.39, 0.29) is 6.42 Å². The molecule has 5 nitrogen and oxygen atoms in total. The molecular weight excluding hydrogens is 280 g/mol. The van der Waals surface area contributed by atoms with Crippen molar-refractivity contribution in [2.24, 2.45) is 0 Å². The molecule has 106 valence electrons. The van der Waals surface area contributed by atoms with Crippen LogP contribution in [0.2, 0.25) is 0 Å². The van der Waals surface area contributed by atoms with Gasteiger partial charge in [0.15, 0.2) is 11.6 Å². The van der Waals surface area contributed by atoms with Crippen LogP contribution in [0.3, 0.4) is 0 Å². The highest BCUT2D eigenvalue weighted by Gasteiger charge is 2.20. The molecule has 1 N–H and O–H groups in total. The normalized spacial score (nSPS) is 13.1. The molecule has 1 aromatic rings. The van der Waals surface area contributed by atoms with Gasteiger partial charge in [0.1, 0.15) is 0 Å². The van der Waals surface area contributed by atoms with Gasteiger partial charge in [-0.3, -0.25) is 4.79 Å². The van der Waals surface area contributed by atoms with E-state index >= 15 is 0 Å². The lowest BCUT2D eigenvalue weighted by atomic mass is 10.3. The summed E-state index contributed by atoms with van der Waals surface area (Å²) in [4.78, 5) is 10.6. The molecule has 0 aliphatic rings. The van der Waals surface area contributed by atoms with Gasteiger partial charge in [-0.05, 0) is 25.1 Å². The molecular formula is C11H13F2NO4S. The Labute approximate surface area is 109 Å². The van der Waals surface area contributed by atoms with Crippen molar-refractivity contribution in [2.45, 2.75) is 24.3 Å². The van der Waals surface area contributed by atoms with Gasteiger partial charge in [0, 0.05) is 6.04 Å². The molecule has 0 radical (unpaired) electrons. The number of ether oxygens (including phenoxy) is 1. The third kappa shape index (κ3) is 4.25. The number of methoxy groups -OCH3 is 1. The Kier molecular flexibility index (Phi) is 4.96. The van der Waals surface area contributed by atoms with Crippen LogP contribution in [-0.2, 0) is 19.6 Å². The number of carbonyl (C=O) groups is 1. The minimum Gasteiger partial charge on any atom is -0.469 e. The first-order valence-corrected chi connectivity index (χ1v) is 6.79. The second-order valence-corrected chi connectivity index (χ2v) is 5.59. The lowest BCUT2D eigenvalue weighted by molar-refractivity contribution is -0.140. The Morgan fingerprint density at radius 1 is 1.37 bits per heavy atom. The van der Waals surface area contributed by atoms with E-state index in [1.54, 1.807) is 0 Å². The molecule has 0 aliphatic heterocycles. The monoisotopic (exact) mass is 293 g/mol. The Balaban J connectivity index is 2.86. The third-order valence-corrected chi connectivity index (χ3v) is 3.85. The summed E-state index contributed by atoms with van der Waals surface area (Å²) in [5, 5.41) is 0. The highest BCUT2D eigenvalue weighted by atomic mass is 32.2. The number of carbonyl (C=O) groups excluding carboxylic acids is 1. The maximum atomic E-state index is 13.0. The molecule has 0 spiro atoms. The molecule has 19 heavy (non-hydrogen) atoms. The Morgan fingerprint density at radius 3 is 2.53 bits per heavy atom. The number of benzene rings is 1. The summed E-state index contributed by atoms with van der Waals surface area (Å²) in [6, 6.07) is 1.49. The summed E-state index contributed by atoms with van der Waals surface area (Å²) in [6.07, 6.45) is -0.167. The van der Waals surface area contributed by atoms with E-state index in [4.69, 9.17) is 0 Å². The van der Waals surface area contributed by atoms with Gasteiger partial charge in [0.2, 0.25) is 10.0 Å². The molecule has 1 atom stereocenters. The van der Waals surface area contributed by atoms with Crippen LogP contribution in [0.4, 0.5) is 8.78 Å². The van der Waals surface area contributed by atoms with E-state index < -0.39 is 38.6 Å². The quantitative estimate of drug-likeness (QED) is 0.828. The molecule has 0 amide bonds. The summed E-state index contributed by atoms with van der Waals surface area (Å²) in [6.45, 7) is 1.45. The fourth-order valence-electron chi connectivity index (χ4n) is 1.35. The number of esters is 1. The van der Waals surface area contributed by atoms with Crippen LogP contribution >= 0.6 is 0 Å². The van der Waals surface area contributed by atoms with Crippen LogP contribution in [0.1, 0.15) is 13.3 Å². The third-order valence-electron chi connectivity index (χ3n) is 2.26. The van der Waals surface area contributed by atoms with Crippen molar-refractivity contribution in [2.75, 3.05) is 7.11 Å². The molecule has 0 fully saturated rings. The lowest BCUT2D eigenvalue weighted by Crippen LogP contribution is -2.34. The van der Waals surface area contributed by atoms with E-state index in [9.17, 15) is 22.0 Å². The first kappa shape index (κ1) is 15.5. The maximum Gasteiger partial charge on any atom is 0.307 e. The van der Waals surface area contributed by atoms with Crippen LogP contribution in [-0.4, -0.2) is 27.5 Å². The number of rotatable bonds is 5. The van der Waals surface area contributed by atoms with Crippen molar-refractivity contribution in [3.8, 4) is 0 Å². The van der Waals surface area contributed by atoms with Gasteiger partial charge in [0.05, 0.1) is 18.4 Å². The lowest BCUT2D eigenvalue weighted by Gasteiger charge is -2.13. The fraction of sp³-hybridized carbons (Fsp3) is 0.364. The Hall–Kier alpha value is -1.54. The summed E-state index contributed by atoms with van der Waals surface area (Å²) in [5.41, 5.74) is 0. The average molecular weight is 293 g/mol. The van der Waals surface area contributed by atoms with Crippen LogP contribution in [0, 0.1) is 11.6 Å². The van der Waals surface area contributed by atoms with Crippen LogP contribution in [0.5, 0.6) is 0 Å². The zero-order valence-electron chi connectivity index (χ0n) is 10.3. The van der Waals surface area contributed by atoms with Gasteiger partial charge in [-0.1, -0.05) is 0 Å². The second-order valence-electron chi connectivity index (χ2n) is 3.88. The van der Waals surface area contributed by atoms with E-state index in [0.717, 1.165) is 12.1 Å². The highest BCUT2D eigenvalue weighted by Crippen LogP contribution is 2.14. The van der Waals surface area contributed by atoms with E-state index in [1.165, 1.54) is 14.0 Å². The average Bonchev–Trinajstić information content (AvgIpc) is 2.31. The number of hydrogen-bond acceptors (Lipinski definition) is 4. The van der Waals surface area contributed by atoms with Gasteiger partial charge in [-0.2, -0.15) is 0 Å². The number of nitrogens with one attached hydrogen (secondary N) is 1.